The lowest BCUT2D eigenvalue weighted by molar-refractivity contribution is 0.293. The Kier molecular flexibility index (Phi) is 9.17. The number of rotatable bonds is 11. The van der Waals surface area contributed by atoms with E-state index in [0.717, 1.165) is 28.8 Å². The molecule has 3 rings (SSSR count). The summed E-state index contributed by atoms with van der Waals surface area (Å²) < 4.78 is 87.7. The van der Waals surface area contributed by atoms with E-state index in [2.05, 4.69) is 0 Å². The molecule has 0 aliphatic carbocycles. The number of hydrogen-bond acceptors (Lipinski definition) is 5. The van der Waals surface area contributed by atoms with E-state index in [9.17, 15) is 25.6 Å². The second kappa shape index (κ2) is 11.8. The number of anilines is 1. The molecule has 0 spiro atoms. The molecule has 0 bridgehead atoms. The first kappa shape index (κ1) is 28.8. The minimum absolute atomic E-state index is 0.141. The van der Waals surface area contributed by atoms with E-state index in [1.165, 1.54) is 42.5 Å². The highest BCUT2D eigenvalue weighted by Gasteiger charge is 2.34. The van der Waals surface area contributed by atoms with Gasteiger partial charge in [-0.05, 0) is 55.8 Å². The van der Waals surface area contributed by atoms with Crippen LogP contribution in [0.2, 0.25) is 5.02 Å². The van der Waals surface area contributed by atoms with Gasteiger partial charge < -0.3 is 4.74 Å². The zero-order valence-electron chi connectivity index (χ0n) is 20.4. The Labute approximate surface area is 221 Å². The molecule has 0 aliphatic heterocycles. The lowest BCUT2D eigenvalue weighted by atomic mass is 10.1. The maximum absolute atomic E-state index is 14.9. The van der Waals surface area contributed by atoms with Crippen LogP contribution in [0.25, 0.3) is 0 Å². The van der Waals surface area contributed by atoms with Gasteiger partial charge in [0.1, 0.15) is 17.4 Å². The van der Waals surface area contributed by atoms with Crippen LogP contribution in [0.3, 0.4) is 0 Å². The van der Waals surface area contributed by atoms with E-state index in [1.54, 1.807) is 24.3 Å². The SMILES string of the molecule is CC(c1ccccc1OCCCN(C)S(C)(=O)=O)N(c1cc(F)ccc1F)S(=O)(=O)c1ccc(Cl)cc1. The molecule has 0 heterocycles. The number of nitrogens with zero attached hydrogens (tertiary/aromatic N) is 2. The van der Waals surface area contributed by atoms with Crippen molar-refractivity contribution in [2.24, 2.45) is 0 Å². The van der Waals surface area contributed by atoms with E-state index < -0.39 is 43.4 Å². The summed E-state index contributed by atoms with van der Waals surface area (Å²) >= 11 is 5.92. The molecule has 7 nitrogen and oxygen atoms in total. The zero-order chi connectivity index (χ0) is 27.4. The van der Waals surface area contributed by atoms with Gasteiger partial charge in [0, 0.05) is 30.2 Å². The van der Waals surface area contributed by atoms with Crippen LogP contribution < -0.4 is 9.04 Å². The summed E-state index contributed by atoms with van der Waals surface area (Å²) in [6.45, 7) is 1.90. The Hall–Kier alpha value is -2.73. The maximum atomic E-state index is 14.9. The van der Waals surface area contributed by atoms with Crippen LogP contribution in [-0.2, 0) is 20.0 Å². The van der Waals surface area contributed by atoms with Gasteiger partial charge in [0.2, 0.25) is 10.0 Å². The minimum Gasteiger partial charge on any atom is -0.493 e. The first-order chi connectivity index (χ1) is 17.3. The number of ether oxygens (including phenoxy) is 1. The summed E-state index contributed by atoms with van der Waals surface area (Å²) in [5.41, 5.74) is -0.0628. The van der Waals surface area contributed by atoms with Gasteiger partial charge in [0.25, 0.3) is 10.0 Å². The number of benzene rings is 3. The number of hydrogen-bond donors (Lipinski definition) is 0. The smallest absolute Gasteiger partial charge is 0.264 e. The lowest BCUT2D eigenvalue weighted by Gasteiger charge is -2.32. The van der Waals surface area contributed by atoms with Gasteiger partial charge in [-0.25, -0.2) is 29.9 Å². The predicted molar refractivity (Wildman–Crippen MR) is 140 cm³/mol. The van der Waals surface area contributed by atoms with E-state index in [0.29, 0.717) is 22.8 Å². The van der Waals surface area contributed by atoms with Crippen molar-refractivity contribution < 1.29 is 30.4 Å². The van der Waals surface area contributed by atoms with Crippen molar-refractivity contribution in [2.75, 3.05) is 30.8 Å². The second-order valence-corrected chi connectivity index (χ2v) is 12.7. The summed E-state index contributed by atoms with van der Waals surface area (Å²) in [6.07, 6.45) is 1.48. The van der Waals surface area contributed by atoms with Crippen LogP contribution in [0.5, 0.6) is 5.75 Å². The third-order valence-corrected chi connectivity index (χ3v) is 9.14. The van der Waals surface area contributed by atoms with Crippen LogP contribution in [0, 0.1) is 11.6 Å². The Bertz CT molecular complexity index is 1450. The van der Waals surface area contributed by atoms with Gasteiger partial charge >= 0.3 is 0 Å². The summed E-state index contributed by atoms with van der Waals surface area (Å²) in [5.74, 6) is -1.41. The fraction of sp³-hybridized carbons (Fsp3) is 0.280. The molecule has 0 amide bonds. The molecule has 3 aromatic carbocycles. The van der Waals surface area contributed by atoms with Crippen molar-refractivity contribution in [1.82, 2.24) is 4.31 Å². The Morgan fingerprint density at radius 2 is 1.62 bits per heavy atom. The molecule has 0 fully saturated rings. The van der Waals surface area contributed by atoms with Crippen molar-refractivity contribution in [2.45, 2.75) is 24.3 Å². The fourth-order valence-electron chi connectivity index (χ4n) is 3.64. The standard InChI is InChI=1S/C25H27ClF2N2O5S2/c1-18(22-7-4-5-8-25(22)35-16-6-15-29(2)36(3,31)32)30(24-17-20(27)11-14-23(24)28)37(33,34)21-12-9-19(26)10-13-21/h4-5,7-14,17-18H,6,15-16H2,1-3H3. The molecule has 12 heteroatoms. The molecule has 37 heavy (non-hydrogen) atoms. The van der Waals surface area contributed by atoms with Crippen LogP contribution in [-0.4, -0.2) is 47.6 Å². The number of sulfonamides is 2. The molecule has 0 saturated carbocycles. The largest absolute Gasteiger partial charge is 0.493 e. The molecule has 0 radical (unpaired) electrons. The molecular formula is C25H27ClF2N2O5S2. The lowest BCUT2D eigenvalue weighted by Crippen LogP contribution is -2.34. The molecule has 0 aromatic heterocycles. The molecule has 0 N–H and O–H groups in total. The monoisotopic (exact) mass is 572 g/mol. The van der Waals surface area contributed by atoms with E-state index in [-0.39, 0.29) is 18.0 Å². The Morgan fingerprint density at radius 1 is 0.973 bits per heavy atom. The minimum atomic E-state index is -4.39. The van der Waals surface area contributed by atoms with Crippen molar-refractivity contribution in [3.05, 3.63) is 89.0 Å². The first-order valence-corrected chi connectivity index (χ1v) is 14.9. The molecule has 3 aromatic rings. The fourth-order valence-corrected chi connectivity index (χ4v) is 5.86. The van der Waals surface area contributed by atoms with Gasteiger partial charge in [-0.1, -0.05) is 29.8 Å². The van der Waals surface area contributed by atoms with Crippen LogP contribution in [0.15, 0.2) is 71.6 Å². The molecule has 1 atom stereocenters. The average molecular weight is 573 g/mol. The van der Waals surface area contributed by atoms with Gasteiger partial charge in [0.05, 0.1) is 29.5 Å². The zero-order valence-corrected chi connectivity index (χ0v) is 22.8. The van der Waals surface area contributed by atoms with Crippen molar-refractivity contribution in [3.63, 3.8) is 0 Å². The third kappa shape index (κ3) is 6.98. The normalized spacial score (nSPS) is 12.9. The number of para-hydroxylation sites is 1. The quantitative estimate of drug-likeness (QED) is 0.294. The number of halogens is 3. The van der Waals surface area contributed by atoms with Crippen LogP contribution in [0.4, 0.5) is 14.5 Å². The molecule has 200 valence electrons. The molecule has 1 unspecified atom stereocenters. The van der Waals surface area contributed by atoms with Gasteiger partial charge in [-0.15, -0.1) is 0 Å². The Balaban J connectivity index is 2.00. The van der Waals surface area contributed by atoms with Crippen molar-refractivity contribution >= 4 is 37.3 Å². The summed E-state index contributed by atoms with van der Waals surface area (Å²) in [5, 5.41) is 0.316. The van der Waals surface area contributed by atoms with Crippen molar-refractivity contribution in [3.8, 4) is 5.75 Å². The van der Waals surface area contributed by atoms with Crippen LogP contribution >= 0.6 is 11.6 Å². The summed E-state index contributed by atoms with van der Waals surface area (Å²) in [7, 11) is -6.27. The molecule has 0 saturated heterocycles. The highest BCUT2D eigenvalue weighted by molar-refractivity contribution is 7.92. The highest BCUT2D eigenvalue weighted by Crippen LogP contribution is 2.38. The predicted octanol–water partition coefficient (Wildman–Crippen LogP) is 5.24. The third-order valence-electron chi connectivity index (χ3n) is 5.68. The van der Waals surface area contributed by atoms with Gasteiger partial charge in [0.15, 0.2) is 0 Å². The van der Waals surface area contributed by atoms with Gasteiger partial charge in [-0.2, -0.15) is 0 Å². The van der Waals surface area contributed by atoms with E-state index >= 15 is 0 Å². The molecular weight excluding hydrogens is 546 g/mol. The van der Waals surface area contributed by atoms with Gasteiger partial charge in [-0.3, -0.25) is 4.31 Å². The second-order valence-electron chi connectivity index (χ2n) is 8.35. The van der Waals surface area contributed by atoms with Crippen LogP contribution in [0.1, 0.15) is 24.9 Å². The van der Waals surface area contributed by atoms with Crippen molar-refractivity contribution in [1.29, 1.82) is 0 Å². The highest BCUT2D eigenvalue weighted by atomic mass is 35.5. The summed E-state index contributed by atoms with van der Waals surface area (Å²) in [4.78, 5) is -0.158. The maximum Gasteiger partial charge on any atom is 0.264 e. The topological polar surface area (TPSA) is 84.0 Å². The molecule has 0 aliphatic rings. The first-order valence-electron chi connectivity index (χ1n) is 11.2. The Morgan fingerprint density at radius 3 is 2.27 bits per heavy atom. The summed E-state index contributed by atoms with van der Waals surface area (Å²) in [6, 6.07) is 13.5. The van der Waals surface area contributed by atoms with E-state index in [1.807, 2.05) is 0 Å². The average Bonchev–Trinajstić information content (AvgIpc) is 2.83. The van der Waals surface area contributed by atoms with E-state index in [4.69, 9.17) is 16.3 Å².